The van der Waals surface area contributed by atoms with E-state index in [0.29, 0.717) is 18.8 Å². The molecule has 1 aliphatic heterocycles. The van der Waals surface area contributed by atoms with Crippen molar-refractivity contribution in [3.05, 3.63) is 24.3 Å². The quantitative estimate of drug-likeness (QED) is 0.356. The Morgan fingerprint density at radius 3 is 2.59 bits per heavy atom. The summed E-state index contributed by atoms with van der Waals surface area (Å²) in [6.45, 7) is 2.71. The Morgan fingerprint density at radius 2 is 2.00 bits per heavy atom. The number of ether oxygens (including phenoxy) is 2. The van der Waals surface area contributed by atoms with Crippen LogP contribution in [0, 0.1) is 0 Å². The van der Waals surface area contributed by atoms with E-state index in [0.717, 1.165) is 38.5 Å². The lowest BCUT2D eigenvalue weighted by molar-refractivity contribution is -0.128. The Labute approximate surface area is 160 Å². The van der Waals surface area contributed by atoms with Crippen molar-refractivity contribution in [2.45, 2.75) is 74.7 Å². The van der Waals surface area contributed by atoms with Gasteiger partial charge in [-0.05, 0) is 43.5 Å². The lowest BCUT2D eigenvalue weighted by Gasteiger charge is -2.23. The molecule has 1 aliphatic rings. The molecule has 2 atom stereocenters. The predicted octanol–water partition coefficient (Wildman–Crippen LogP) is 3.21. The van der Waals surface area contributed by atoms with Gasteiger partial charge in [0.05, 0.1) is 11.5 Å². The first-order valence-corrected chi connectivity index (χ1v) is 11.1. The second-order valence-corrected chi connectivity index (χ2v) is 8.87. The van der Waals surface area contributed by atoms with Gasteiger partial charge in [-0.2, -0.15) is 0 Å². The second kappa shape index (κ2) is 10.6. The molecule has 1 aromatic rings. The number of sulfone groups is 1. The van der Waals surface area contributed by atoms with Crippen molar-refractivity contribution in [3.8, 4) is 5.75 Å². The maximum atomic E-state index is 12.9. The summed E-state index contributed by atoms with van der Waals surface area (Å²) in [5.41, 5.74) is 1.49. The molecule has 1 saturated heterocycles. The molecule has 1 heterocycles. The zero-order chi connectivity index (χ0) is 19.7. The topological polar surface area (TPSA) is 102 Å². The van der Waals surface area contributed by atoms with E-state index in [1.54, 1.807) is 12.1 Å². The minimum absolute atomic E-state index is 0.0310. The third-order valence-corrected chi connectivity index (χ3v) is 6.78. The first-order chi connectivity index (χ1) is 13.0. The fourth-order valence-corrected chi connectivity index (χ4v) is 4.74. The molecule has 8 heteroatoms. The zero-order valence-corrected chi connectivity index (χ0v) is 16.5. The number of hydroxylamine groups is 1. The number of hydrogen-bond donors (Lipinski definition) is 2. The van der Waals surface area contributed by atoms with Gasteiger partial charge < -0.3 is 9.47 Å². The smallest absolute Gasteiger partial charge is 0.262 e. The molecular weight excluding hydrogens is 370 g/mol. The summed E-state index contributed by atoms with van der Waals surface area (Å²) in [6.07, 6.45) is 6.14. The highest BCUT2D eigenvalue weighted by Gasteiger charge is 2.33. The molecule has 0 spiro atoms. The highest BCUT2D eigenvalue weighted by atomic mass is 32.2. The Morgan fingerprint density at radius 1 is 1.26 bits per heavy atom. The SMILES string of the molecule is CCCCCCC(C(=O)NO)S(=O)(=O)c1ccc(OC2CCCCO2)cc1. The molecule has 0 saturated carbocycles. The Hall–Kier alpha value is -1.64. The third-order valence-electron chi connectivity index (χ3n) is 4.65. The number of carbonyl (C=O) groups is 1. The average molecular weight is 400 g/mol. The molecular formula is C19H29NO6S. The third kappa shape index (κ3) is 6.19. The maximum Gasteiger partial charge on any atom is 0.262 e. The first kappa shape index (κ1) is 21.7. The van der Waals surface area contributed by atoms with Crippen LogP contribution in [-0.4, -0.2) is 37.7 Å². The number of rotatable bonds is 10. The standard InChI is InChI=1S/C19H29NO6S/c1-2-3-4-5-8-17(19(21)20-22)27(23,24)16-12-10-15(11-13-16)26-18-9-6-7-14-25-18/h10-13,17-18,22H,2-9,14H2,1H3,(H,20,21). The van der Waals surface area contributed by atoms with Crippen molar-refractivity contribution >= 4 is 15.7 Å². The maximum absolute atomic E-state index is 12.9. The van der Waals surface area contributed by atoms with Gasteiger partial charge in [0.1, 0.15) is 11.0 Å². The molecule has 27 heavy (non-hydrogen) atoms. The molecule has 152 valence electrons. The van der Waals surface area contributed by atoms with E-state index in [1.165, 1.54) is 17.6 Å². The van der Waals surface area contributed by atoms with Crippen molar-refractivity contribution in [1.29, 1.82) is 0 Å². The van der Waals surface area contributed by atoms with Crippen molar-refractivity contribution in [3.63, 3.8) is 0 Å². The van der Waals surface area contributed by atoms with E-state index in [2.05, 4.69) is 6.92 Å². The van der Waals surface area contributed by atoms with Gasteiger partial charge >= 0.3 is 0 Å². The molecule has 0 bridgehead atoms. The fraction of sp³-hybridized carbons (Fsp3) is 0.632. The number of nitrogens with one attached hydrogen (secondary N) is 1. The monoisotopic (exact) mass is 399 g/mol. The van der Waals surface area contributed by atoms with Gasteiger partial charge in [-0.1, -0.05) is 32.6 Å². The van der Waals surface area contributed by atoms with E-state index in [1.807, 2.05) is 0 Å². The molecule has 1 amide bonds. The number of benzene rings is 1. The molecule has 2 unspecified atom stereocenters. The highest BCUT2D eigenvalue weighted by Crippen LogP contribution is 2.25. The molecule has 2 rings (SSSR count). The molecule has 0 aliphatic carbocycles. The van der Waals surface area contributed by atoms with Crippen LogP contribution >= 0.6 is 0 Å². The fourth-order valence-electron chi connectivity index (χ4n) is 3.08. The Bertz CT molecular complexity index is 683. The Kier molecular flexibility index (Phi) is 8.53. The van der Waals surface area contributed by atoms with Crippen LogP contribution in [0.1, 0.15) is 58.3 Å². The summed E-state index contributed by atoms with van der Waals surface area (Å²) in [4.78, 5) is 12.0. The predicted molar refractivity (Wildman–Crippen MR) is 100 cm³/mol. The van der Waals surface area contributed by atoms with Crippen LogP contribution in [0.25, 0.3) is 0 Å². The number of hydrogen-bond acceptors (Lipinski definition) is 6. The van der Waals surface area contributed by atoms with Gasteiger partial charge in [0, 0.05) is 6.42 Å². The van der Waals surface area contributed by atoms with Crippen LogP contribution in [0.15, 0.2) is 29.2 Å². The van der Waals surface area contributed by atoms with E-state index in [4.69, 9.17) is 14.7 Å². The van der Waals surface area contributed by atoms with Crippen molar-refractivity contribution in [2.75, 3.05) is 6.61 Å². The number of carbonyl (C=O) groups excluding carboxylic acids is 1. The van der Waals surface area contributed by atoms with Gasteiger partial charge in [-0.3, -0.25) is 10.0 Å². The van der Waals surface area contributed by atoms with Gasteiger partial charge in [0.15, 0.2) is 16.1 Å². The van der Waals surface area contributed by atoms with Crippen molar-refractivity contribution in [1.82, 2.24) is 5.48 Å². The van der Waals surface area contributed by atoms with E-state index in [9.17, 15) is 13.2 Å². The minimum Gasteiger partial charge on any atom is -0.465 e. The van der Waals surface area contributed by atoms with Crippen molar-refractivity contribution < 1.29 is 27.9 Å². The van der Waals surface area contributed by atoms with Gasteiger partial charge in [-0.15, -0.1) is 0 Å². The number of amides is 1. The Balaban J connectivity index is 2.08. The molecule has 1 aromatic carbocycles. The van der Waals surface area contributed by atoms with Crippen LogP contribution in [-0.2, 0) is 19.4 Å². The zero-order valence-electron chi connectivity index (χ0n) is 15.7. The lowest BCUT2D eigenvalue weighted by atomic mass is 10.1. The van der Waals surface area contributed by atoms with E-state index in [-0.39, 0.29) is 17.6 Å². The van der Waals surface area contributed by atoms with Gasteiger partial charge in [0.2, 0.25) is 0 Å². The van der Waals surface area contributed by atoms with Crippen LogP contribution < -0.4 is 10.2 Å². The van der Waals surface area contributed by atoms with Gasteiger partial charge in [0.25, 0.3) is 5.91 Å². The molecule has 2 N–H and O–H groups in total. The summed E-state index contributed by atoms with van der Waals surface area (Å²) in [6, 6.07) is 5.99. The normalized spacial score (nSPS) is 18.7. The minimum atomic E-state index is -3.91. The summed E-state index contributed by atoms with van der Waals surface area (Å²) in [5, 5.41) is 7.63. The average Bonchev–Trinajstić information content (AvgIpc) is 2.68. The highest BCUT2D eigenvalue weighted by molar-refractivity contribution is 7.92. The molecule has 7 nitrogen and oxygen atoms in total. The van der Waals surface area contributed by atoms with Gasteiger partial charge in [-0.25, -0.2) is 13.9 Å². The summed E-state index contributed by atoms with van der Waals surface area (Å²) >= 11 is 0. The largest absolute Gasteiger partial charge is 0.465 e. The van der Waals surface area contributed by atoms with Crippen LogP contribution in [0.5, 0.6) is 5.75 Å². The van der Waals surface area contributed by atoms with E-state index >= 15 is 0 Å². The summed E-state index contributed by atoms with van der Waals surface area (Å²) < 4.78 is 36.9. The van der Waals surface area contributed by atoms with Crippen molar-refractivity contribution in [2.24, 2.45) is 0 Å². The number of unbranched alkanes of at least 4 members (excludes halogenated alkanes) is 3. The van der Waals surface area contributed by atoms with E-state index < -0.39 is 21.0 Å². The summed E-state index contributed by atoms with van der Waals surface area (Å²) in [5.74, 6) is -0.380. The molecule has 0 aromatic heterocycles. The second-order valence-electron chi connectivity index (χ2n) is 6.74. The molecule has 1 fully saturated rings. The first-order valence-electron chi connectivity index (χ1n) is 9.55. The summed E-state index contributed by atoms with van der Waals surface area (Å²) in [7, 11) is -3.91. The lowest BCUT2D eigenvalue weighted by Crippen LogP contribution is -2.38. The van der Waals surface area contributed by atoms with Crippen LogP contribution in [0.4, 0.5) is 0 Å². The van der Waals surface area contributed by atoms with Crippen LogP contribution in [0.3, 0.4) is 0 Å². The molecule has 0 radical (unpaired) electrons. The van der Waals surface area contributed by atoms with Crippen LogP contribution in [0.2, 0.25) is 0 Å².